The second kappa shape index (κ2) is 5.85. The molecule has 1 aromatic carbocycles. The number of aromatic nitrogens is 2. The lowest BCUT2D eigenvalue weighted by atomic mass is 10.2. The first-order chi connectivity index (χ1) is 9.86. The van der Waals surface area contributed by atoms with Crippen molar-refractivity contribution in [2.75, 3.05) is 12.0 Å². The molecule has 2 aromatic heterocycles. The van der Waals surface area contributed by atoms with Gasteiger partial charge in [-0.25, -0.2) is 10.8 Å². The van der Waals surface area contributed by atoms with Crippen LogP contribution >= 0.6 is 11.3 Å². The van der Waals surface area contributed by atoms with Gasteiger partial charge in [-0.15, -0.1) is 11.3 Å². The molecule has 0 unspecified atom stereocenters. The molecule has 0 radical (unpaired) electrons. The maximum absolute atomic E-state index is 5.80. The SMILES string of the molecule is NNc1nc(OCCc2cccs2)c2ccccc2n1. The van der Waals surface area contributed by atoms with E-state index >= 15 is 0 Å². The number of rotatable bonds is 5. The van der Waals surface area contributed by atoms with E-state index < -0.39 is 0 Å². The molecule has 0 saturated carbocycles. The summed E-state index contributed by atoms with van der Waals surface area (Å²) in [6.07, 6.45) is 0.862. The second-order valence-electron chi connectivity index (χ2n) is 4.19. The molecule has 2 heterocycles. The molecule has 0 atom stereocenters. The van der Waals surface area contributed by atoms with Crippen LogP contribution in [-0.2, 0) is 6.42 Å². The van der Waals surface area contributed by atoms with Crippen LogP contribution in [0.1, 0.15) is 4.88 Å². The third-order valence-electron chi connectivity index (χ3n) is 2.86. The van der Waals surface area contributed by atoms with Gasteiger partial charge in [0.15, 0.2) is 0 Å². The van der Waals surface area contributed by atoms with Crippen LogP contribution in [0.25, 0.3) is 10.9 Å². The Morgan fingerprint density at radius 3 is 2.85 bits per heavy atom. The molecule has 3 rings (SSSR count). The zero-order valence-electron chi connectivity index (χ0n) is 10.7. The highest BCUT2D eigenvalue weighted by atomic mass is 32.1. The minimum atomic E-state index is 0.356. The third kappa shape index (κ3) is 2.71. The van der Waals surface area contributed by atoms with Crippen molar-refractivity contribution in [3.05, 3.63) is 46.7 Å². The van der Waals surface area contributed by atoms with Gasteiger partial charge in [-0.1, -0.05) is 18.2 Å². The van der Waals surface area contributed by atoms with Gasteiger partial charge in [-0.05, 0) is 23.6 Å². The first-order valence-electron chi connectivity index (χ1n) is 6.25. The van der Waals surface area contributed by atoms with Crippen molar-refractivity contribution in [3.63, 3.8) is 0 Å². The van der Waals surface area contributed by atoms with Crippen molar-refractivity contribution < 1.29 is 4.74 Å². The summed E-state index contributed by atoms with van der Waals surface area (Å²) in [7, 11) is 0. The molecular weight excluding hydrogens is 272 g/mol. The lowest BCUT2D eigenvalue weighted by molar-refractivity contribution is 0.314. The summed E-state index contributed by atoms with van der Waals surface area (Å²) in [5.41, 5.74) is 3.27. The zero-order valence-corrected chi connectivity index (χ0v) is 11.6. The third-order valence-corrected chi connectivity index (χ3v) is 3.80. The van der Waals surface area contributed by atoms with E-state index in [2.05, 4.69) is 26.8 Å². The molecule has 0 aliphatic heterocycles. The second-order valence-corrected chi connectivity index (χ2v) is 5.22. The van der Waals surface area contributed by atoms with Crippen molar-refractivity contribution in [2.45, 2.75) is 6.42 Å². The number of nitrogens with two attached hydrogens (primary N) is 1. The minimum Gasteiger partial charge on any atom is -0.477 e. The summed E-state index contributed by atoms with van der Waals surface area (Å²) in [5.74, 6) is 6.30. The average molecular weight is 286 g/mol. The Kier molecular flexibility index (Phi) is 3.76. The van der Waals surface area contributed by atoms with Crippen molar-refractivity contribution in [2.24, 2.45) is 5.84 Å². The number of nitrogen functional groups attached to an aromatic ring is 1. The Labute approximate surface area is 120 Å². The number of hydrazine groups is 1. The van der Waals surface area contributed by atoms with E-state index in [1.807, 2.05) is 30.3 Å². The topological polar surface area (TPSA) is 73.1 Å². The number of hydrogen-bond donors (Lipinski definition) is 2. The lowest BCUT2D eigenvalue weighted by Gasteiger charge is -2.09. The number of benzene rings is 1. The molecule has 0 spiro atoms. The minimum absolute atomic E-state index is 0.356. The van der Waals surface area contributed by atoms with Crippen LogP contribution < -0.4 is 16.0 Å². The highest BCUT2D eigenvalue weighted by Gasteiger charge is 2.08. The number of para-hydroxylation sites is 1. The summed E-state index contributed by atoms with van der Waals surface area (Å²) in [4.78, 5) is 9.85. The average Bonchev–Trinajstić information content (AvgIpc) is 3.00. The molecule has 0 fully saturated rings. The fourth-order valence-corrected chi connectivity index (χ4v) is 2.62. The number of anilines is 1. The molecule has 3 N–H and O–H groups in total. The maximum Gasteiger partial charge on any atom is 0.241 e. The predicted octanol–water partition coefficient (Wildman–Crippen LogP) is 2.60. The van der Waals surface area contributed by atoms with Gasteiger partial charge in [0.1, 0.15) is 0 Å². The van der Waals surface area contributed by atoms with Crippen LogP contribution in [0.3, 0.4) is 0 Å². The van der Waals surface area contributed by atoms with Crippen LogP contribution in [0, 0.1) is 0 Å². The number of hydrogen-bond acceptors (Lipinski definition) is 6. The zero-order chi connectivity index (χ0) is 13.8. The van der Waals surface area contributed by atoms with Crippen LogP contribution in [-0.4, -0.2) is 16.6 Å². The largest absolute Gasteiger partial charge is 0.477 e. The van der Waals surface area contributed by atoms with Crippen molar-refractivity contribution in [1.29, 1.82) is 0 Å². The van der Waals surface area contributed by atoms with Gasteiger partial charge in [0.05, 0.1) is 17.5 Å². The van der Waals surface area contributed by atoms with E-state index in [1.165, 1.54) is 4.88 Å². The van der Waals surface area contributed by atoms with Gasteiger partial charge in [0.25, 0.3) is 0 Å². The standard InChI is InChI=1S/C14H14N4OS/c15-18-14-16-12-6-2-1-5-11(12)13(17-14)19-8-7-10-4-3-9-20-10/h1-6,9H,7-8,15H2,(H,16,17,18). The van der Waals surface area contributed by atoms with Crippen molar-refractivity contribution in [3.8, 4) is 5.88 Å². The summed E-state index contributed by atoms with van der Waals surface area (Å²) in [5, 5.41) is 2.95. The smallest absolute Gasteiger partial charge is 0.241 e. The molecule has 5 nitrogen and oxygen atoms in total. The first kappa shape index (κ1) is 12.8. The summed E-state index contributed by atoms with van der Waals surface area (Å²) < 4.78 is 5.80. The van der Waals surface area contributed by atoms with Crippen molar-refractivity contribution in [1.82, 2.24) is 9.97 Å². The maximum atomic E-state index is 5.80. The molecule has 0 amide bonds. The first-order valence-corrected chi connectivity index (χ1v) is 7.13. The van der Waals surface area contributed by atoms with Crippen LogP contribution in [0.2, 0.25) is 0 Å². The van der Waals surface area contributed by atoms with Gasteiger partial charge < -0.3 is 4.74 Å². The molecule has 0 aliphatic rings. The summed E-state index contributed by atoms with van der Waals surface area (Å²) in [6.45, 7) is 0.575. The molecule has 0 saturated heterocycles. The molecule has 0 aliphatic carbocycles. The number of fused-ring (bicyclic) bond motifs is 1. The Hall–Kier alpha value is -2.18. The Balaban J connectivity index is 1.82. The van der Waals surface area contributed by atoms with E-state index in [0.29, 0.717) is 18.4 Å². The number of ether oxygens (including phenoxy) is 1. The lowest BCUT2D eigenvalue weighted by Crippen LogP contribution is -2.12. The van der Waals surface area contributed by atoms with Gasteiger partial charge in [0.2, 0.25) is 11.8 Å². The molecule has 0 bridgehead atoms. The van der Waals surface area contributed by atoms with Gasteiger partial charge in [0, 0.05) is 11.3 Å². The molecule has 3 aromatic rings. The van der Waals surface area contributed by atoms with Gasteiger partial charge in [-0.2, -0.15) is 4.98 Å². The quantitative estimate of drug-likeness (QED) is 0.557. The molecular formula is C14H14N4OS. The van der Waals surface area contributed by atoms with Crippen LogP contribution in [0.5, 0.6) is 5.88 Å². The van der Waals surface area contributed by atoms with Crippen LogP contribution in [0.15, 0.2) is 41.8 Å². The normalized spacial score (nSPS) is 10.7. The Morgan fingerprint density at radius 2 is 2.05 bits per heavy atom. The van der Waals surface area contributed by atoms with E-state index in [4.69, 9.17) is 10.6 Å². The van der Waals surface area contributed by atoms with Crippen molar-refractivity contribution >= 4 is 28.2 Å². The van der Waals surface area contributed by atoms with E-state index in [9.17, 15) is 0 Å². The summed E-state index contributed by atoms with van der Waals surface area (Å²) in [6, 6.07) is 11.8. The van der Waals surface area contributed by atoms with E-state index in [1.54, 1.807) is 11.3 Å². The highest BCUT2D eigenvalue weighted by molar-refractivity contribution is 7.09. The van der Waals surface area contributed by atoms with Gasteiger partial charge in [-0.3, -0.25) is 5.43 Å². The Morgan fingerprint density at radius 1 is 1.15 bits per heavy atom. The predicted molar refractivity (Wildman–Crippen MR) is 80.9 cm³/mol. The molecule has 102 valence electrons. The van der Waals surface area contributed by atoms with Crippen LogP contribution in [0.4, 0.5) is 5.95 Å². The fraction of sp³-hybridized carbons (Fsp3) is 0.143. The number of nitrogens with zero attached hydrogens (tertiary/aromatic N) is 2. The number of nitrogens with one attached hydrogen (secondary N) is 1. The highest BCUT2D eigenvalue weighted by Crippen LogP contribution is 2.23. The molecule has 20 heavy (non-hydrogen) atoms. The van der Waals surface area contributed by atoms with Gasteiger partial charge >= 0.3 is 0 Å². The summed E-state index contributed by atoms with van der Waals surface area (Å²) >= 11 is 1.72. The van der Waals surface area contributed by atoms with E-state index in [0.717, 1.165) is 17.3 Å². The number of thiophene rings is 1. The Bertz CT molecular complexity index is 699. The van der Waals surface area contributed by atoms with E-state index in [-0.39, 0.29) is 0 Å². The fourth-order valence-electron chi connectivity index (χ4n) is 1.93. The monoisotopic (exact) mass is 286 g/mol. The molecule has 6 heteroatoms.